The van der Waals surface area contributed by atoms with Crippen LogP contribution in [0.5, 0.6) is 0 Å². The maximum Gasteiger partial charge on any atom is 0.224 e. The van der Waals surface area contributed by atoms with Crippen molar-refractivity contribution in [2.75, 3.05) is 10.6 Å². The van der Waals surface area contributed by atoms with Gasteiger partial charge in [0.1, 0.15) is 11.6 Å². The lowest BCUT2D eigenvalue weighted by Crippen LogP contribution is -2.14. The van der Waals surface area contributed by atoms with Crippen LogP contribution in [0.2, 0.25) is 0 Å². The van der Waals surface area contributed by atoms with E-state index in [0.29, 0.717) is 12.1 Å². The van der Waals surface area contributed by atoms with E-state index in [0.717, 1.165) is 27.7 Å². The fraction of sp³-hybridized carbons (Fsp3) is 0.120. The predicted octanol–water partition coefficient (Wildman–Crippen LogP) is 5.64. The number of hydrogen-bond acceptors (Lipinski definition) is 2. The Balaban J connectivity index is 1.55. The molecule has 0 aliphatic carbocycles. The van der Waals surface area contributed by atoms with Gasteiger partial charge in [-0.25, -0.2) is 8.78 Å². The van der Waals surface area contributed by atoms with Crippen LogP contribution in [0, 0.1) is 11.6 Å². The lowest BCUT2D eigenvalue weighted by Gasteiger charge is -2.10. The maximum absolute atomic E-state index is 14.1. The predicted molar refractivity (Wildman–Crippen MR) is 121 cm³/mol. The third kappa shape index (κ3) is 4.67. The number of carbonyl (C=O) groups is 2. The molecule has 0 aliphatic heterocycles. The highest BCUT2D eigenvalue weighted by atomic mass is 19.1. The Morgan fingerprint density at radius 3 is 2.44 bits per heavy atom. The van der Waals surface area contributed by atoms with Crippen molar-refractivity contribution in [3.05, 3.63) is 83.9 Å². The van der Waals surface area contributed by atoms with Crippen LogP contribution in [0.15, 0.2) is 66.7 Å². The molecule has 4 aromatic rings. The number of H-pyrrole nitrogens is 1. The molecule has 0 unspecified atom stereocenters. The molecule has 32 heavy (non-hydrogen) atoms. The number of para-hydroxylation sites is 1. The minimum atomic E-state index is -0.591. The van der Waals surface area contributed by atoms with Crippen LogP contribution in [-0.2, 0) is 16.0 Å². The van der Waals surface area contributed by atoms with Gasteiger partial charge in [-0.3, -0.25) is 9.59 Å². The summed E-state index contributed by atoms with van der Waals surface area (Å²) < 4.78 is 27.5. The highest BCUT2D eigenvalue weighted by molar-refractivity contribution is 5.95. The van der Waals surface area contributed by atoms with Gasteiger partial charge in [0.15, 0.2) is 0 Å². The molecule has 4 rings (SSSR count). The Hall–Kier alpha value is -4.00. The molecule has 0 spiro atoms. The second-order valence-electron chi connectivity index (χ2n) is 7.46. The maximum atomic E-state index is 14.1. The summed E-state index contributed by atoms with van der Waals surface area (Å²) in [4.78, 5) is 27.2. The molecule has 3 N–H and O–H groups in total. The summed E-state index contributed by atoms with van der Waals surface area (Å²) >= 11 is 0. The lowest BCUT2D eigenvalue weighted by atomic mass is 10.0. The van der Waals surface area contributed by atoms with E-state index >= 15 is 0 Å². The Morgan fingerprint density at radius 1 is 0.938 bits per heavy atom. The number of fused-ring (bicyclic) bond motifs is 1. The second kappa shape index (κ2) is 9.01. The van der Waals surface area contributed by atoms with Crippen LogP contribution in [0.1, 0.15) is 18.9 Å². The summed E-state index contributed by atoms with van der Waals surface area (Å²) in [7, 11) is 0. The fourth-order valence-corrected chi connectivity index (χ4v) is 3.68. The van der Waals surface area contributed by atoms with Crippen LogP contribution in [0.25, 0.3) is 22.2 Å². The van der Waals surface area contributed by atoms with Crippen LogP contribution in [-0.4, -0.2) is 16.8 Å². The molecule has 2 amide bonds. The van der Waals surface area contributed by atoms with Crippen molar-refractivity contribution in [1.29, 1.82) is 0 Å². The number of rotatable bonds is 6. The van der Waals surface area contributed by atoms with E-state index in [2.05, 4.69) is 15.6 Å². The van der Waals surface area contributed by atoms with E-state index in [1.807, 2.05) is 24.3 Å². The van der Waals surface area contributed by atoms with Gasteiger partial charge in [0.2, 0.25) is 11.8 Å². The first-order valence-corrected chi connectivity index (χ1v) is 10.1. The molecule has 0 fully saturated rings. The van der Waals surface area contributed by atoms with Crippen molar-refractivity contribution in [2.45, 2.75) is 19.8 Å². The monoisotopic (exact) mass is 433 g/mol. The number of anilines is 2. The van der Waals surface area contributed by atoms with E-state index < -0.39 is 5.82 Å². The first-order chi connectivity index (χ1) is 15.4. The topological polar surface area (TPSA) is 74.0 Å². The summed E-state index contributed by atoms with van der Waals surface area (Å²) in [6.07, 6.45) is 0.509. The van der Waals surface area contributed by atoms with Crippen LogP contribution >= 0.6 is 0 Å². The molecule has 7 heteroatoms. The van der Waals surface area contributed by atoms with Crippen molar-refractivity contribution in [1.82, 2.24) is 4.98 Å². The fourth-order valence-electron chi connectivity index (χ4n) is 3.68. The SMILES string of the molecule is CC(=O)Nc1ccc(F)c(NC(=O)CCc2c(-c3ccc(F)cc3)[nH]c3ccccc23)c1. The number of aromatic nitrogens is 1. The highest BCUT2D eigenvalue weighted by Crippen LogP contribution is 2.31. The van der Waals surface area contributed by atoms with Gasteiger partial charge in [-0.2, -0.15) is 0 Å². The van der Waals surface area contributed by atoms with E-state index in [4.69, 9.17) is 0 Å². The molecule has 0 radical (unpaired) electrons. The molecular weight excluding hydrogens is 412 g/mol. The summed E-state index contributed by atoms with van der Waals surface area (Å²) in [5.41, 5.74) is 3.86. The minimum Gasteiger partial charge on any atom is -0.354 e. The number of aryl methyl sites for hydroxylation is 1. The lowest BCUT2D eigenvalue weighted by molar-refractivity contribution is -0.116. The Morgan fingerprint density at radius 2 is 1.69 bits per heavy atom. The molecule has 1 heterocycles. The number of halogens is 2. The largest absolute Gasteiger partial charge is 0.354 e. The van der Waals surface area contributed by atoms with Crippen LogP contribution in [0.4, 0.5) is 20.2 Å². The molecule has 3 aromatic carbocycles. The normalized spacial score (nSPS) is 10.8. The molecule has 162 valence electrons. The zero-order chi connectivity index (χ0) is 22.7. The van der Waals surface area contributed by atoms with Gasteiger partial charge in [0.05, 0.1) is 5.69 Å². The van der Waals surface area contributed by atoms with Gasteiger partial charge in [-0.15, -0.1) is 0 Å². The van der Waals surface area contributed by atoms with E-state index in [1.54, 1.807) is 12.1 Å². The molecule has 1 aromatic heterocycles. The van der Waals surface area contributed by atoms with Crippen molar-refractivity contribution in [3.63, 3.8) is 0 Å². The average Bonchev–Trinajstić information content (AvgIpc) is 3.13. The first-order valence-electron chi connectivity index (χ1n) is 10.1. The molecule has 0 atom stereocenters. The minimum absolute atomic E-state index is 0.000986. The van der Waals surface area contributed by atoms with E-state index in [9.17, 15) is 18.4 Å². The van der Waals surface area contributed by atoms with Crippen molar-refractivity contribution in [2.24, 2.45) is 0 Å². The molecule has 0 aliphatic rings. The number of aromatic amines is 1. The molecule has 0 bridgehead atoms. The molecular formula is C25H21F2N3O2. The van der Waals surface area contributed by atoms with E-state index in [1.165, 1.54) is 37.3 Å². The van der Waals surface area contributed by atoms with Gasteiger partial charge >= 0.3 is 0 Å². The van der Waals surface area contributed by atoms with Gasteiger partial charge in [0.25, 0.3) is 0 Å². The van der Waals surface area contributed by atoms with Crippen LogP contribution in [0.3, 0.4) is 0 Å². The number of nitrogens with one attached hydrogen (secondary N) is 3. The third-order valence-corrected chi connectivity index (χ3v) is 5.11. The third-order valence-electron chi connectivity index (χ3n) is 5.11. The smallest absolute Gasteiger partial charge is 0.224 e. The van der Waals surface area contributed by atoms with Gasteiger partial charge in [-0.05, 0) is 66.1 Å². The van der Waals surface area contributed by atoms with Gasteiger partial charge in [0, 0.05) is 35.6 Å². The van der Waals surface area contributed by atoms with Crippen molar-refractivity contribution >= 4 is 34.1 Å². The molecule has 0 saturated carbocycles. The second-order valence-corrected chi connectivity index (χ2v) is 7.46. The number of carbonyl (C=O) groups excluding carboxylic acids is 2. The van der Waals surface area contributed by atoms with Gasteiger partial charge in [-0.1, -0.05) is 18.2 Å². The van der Waals surface area contributed by atoms with Gasteiger partial charge < -0.3 is 15.6 Å². The summed E-state index contributed by atoms with van der Waals surface area (Å²) in [6, 6.07) is 17.9. The zero-order valence-electron chi connectivity index (χ0n) is 17.3. The van der Waals surface area contributed by atoms with Crippen molar-refractivity contribution < 1.29 is 18.4 Å². The first kappa shape index (κ1) is 21.2. The number of benzene rings is 3. The molecule has 0 saturated heterocycles. The summed E-state index contributed by atoms with van der Waals surface area (Å²) in [5.74, 6) is -1.57. The highest BCUT2D eigenvalue weighted by Gasteiger charge is 2.15. The number of hydrogen-bond donors (Lipinski definition) is 3. The zero-order valence-corrected chi connectivity index (χ0v) is 17.3. The standard InChI is InChI=1S/C25H21F2N3O2/c1-15(31)28-18-10-12-21(27)23(14-18)29-24(32)13-11-20-19-4-2-3-5-22(19)30-25(20)16-6-8-17(26)9-7-16/h2-10,12,14,30H,11,13H2,1H3,(H,28,31)(H,29,32). The van der Waals surface area contributed by atoms with Crippen LogP contribution < -0.4 is 10.6 Å². The number of amides is 2. The quantitative estimate of drug-likeness (QED) is 0.368. The Labute approximate surface area is 183 Å². The Kier molecular flexibility index (Phi) is 5.98. The summed E-state index contributed by atoms with van der Waals surface area (Å²) in [6.45, 7) is 1.35. The van der Waals surface area contributed by atoms with Crippen molar-refractivity contribution in [3.8, 4) is 11.3 Å². The van der Waals surface area contributed by atoms with E-state index in [-0.39, 0.29) is 29.7 Å². The average molecular weight is 433 g/mol. The summed E-state index contributed by atoms with van der Waals surface area (Å²) in [5, 5.41) is 6.11. The molecule has 5 nitrogen and oxygen atoms in total. The Bertz CT molecular complexity index is 1300.